The second-order valence-electron chi connectivity index (χ2n) is 7.94. The third-order valence-corrected chi connectivity index (χ3v) is 5.96. The second-order valence-corrected chi connectivity index (χ2v) is 7.94. The number of carbonyl (C=O) groups excluding carboxylic acids is 1. The average molecular weight is 398 g/mol. The van der Waals surface area contributed by atoms with E-state index in [4.69, 9.17) is 0 Å². The fraction of sp³-hybridized carbons (Fsp3) is 0.192. The lowest BCUT2D eigenvalue weighted by molar-refractivity contribution is -0.131. The zero-order chi connectivity index (χ0) is 20.5. The minimum Gasteiger partial charge on any atom is -0.343 e. The van der Waals surface area contributed by atoms with Gasteiger partial charge in [-0.05, 0) is 46.9 Å². The summed E-state index contributed by atoms with van der Waals surface area (Å²) in [6.45, 7) is 2.10. The van der Waals surface area contributed by atoms with Crippen molar-refractivity contribution in [3.63, 3.8) is 0 Å². The molecule has 0 atom stereocenters. The zero-order valence-electron chi connectivity index (χ0n) is 16.7. The van der Waals surface area contributed by atoms with Crippen LogP contribution in [0.4, 0.5) is 4.39 Å². The van der Waals surface area contributed by atoms with Crippen molar-refractivity contribution in [2.45, 2.75) is 25.9 Å². The highest BCUT2D eigenvalue weighted by molar-refractivity contribution is 5.89. The van der Waals surface area contributed by atoms with Gasteiger partial charge in [0.1, 0.15) is 5.82 Å². The fourth-order valence-corrected chi connectivity index (χ4v) is 4.36. The topological polar surface area (TPSA) is 25.2 Å². The van der Waals surface area contributed by atoms with E-state index >= 15 is 0 Å². The minimum absolute atomic E-state index is 0.161. The van der Waals surface area contributed by atoms with E-state index in [0.717, 1.165) is 35.0 Å². The van der Waals surface area contributed by atoms with E-state index in [0.29, 0.717) is 19.5 Å². The highest BCUT2D eigenvalue weighted by atomic mass is 19.1. The summed E-state index contributed by atoms with van der Waals surface area (Å²) in [5.41, 5.74) is 5.75. The molecular formula is C26H23FN2O. The van der Waals surface area contributed by atoms with Crippen molar-refractivity contribution in [1.82, 2.24) is 9.47 Å². The summed E-state index contributed by atoms with van der Waals surface area (Å²) in [6, 6.07) is 23.1. The van der Waals surface area contributed by atoms with Gasteiger partial charge in [0.15, 0.2) is 0 Å². The Morgan fingerprint density at radius 2 is 1.63 bits per heavy atom. The van der Waals surface area contributed by atoms with Gasteiger partial charge >= 0.3 is 0 Å². The van der Waals surface area contributed by atoms with Gasteiger partial charge in [-0.1, -0.05) is 54.6 Å². The molecule has 0 spiro atoms. The van der Waals surface area contributed by atoms with E-state index in [9.17, 15) is 9.18 Å². The molecule has 1 aliphatic rings. The molecule has 1 aliphatic heterocycles. The largest absolute Gasteiger partial charge is 0.343 e. The Kier molecular flexibility index (Phi) is 4.83. The Morgan fingerprint density at radius 1 is 0.900 bits per heavy atom. The van der Waals surface area contributed by atoms with Crippen LogP contribution >= 0.6 is 0 Å². The number of rotatable bonds is 4. The summed E-state index contributed by atoms with van der Waals surface area (Å²) in [6.07, 6.45) is 3.37. The Hall–Kier alpha value is -3.40. The Morgan fingerprint density at radius 3 is 2.47 bits per heavy atom. The van der Waals surface area contributed by atoms with Gasteiger partial charge in [-0.3, -0.25) is 4.79 Å². The third kappa shape index (κ3) is 3.61. The quantitative estimate of drug-likeness (QED) is 0.477. The molecular weight excluding hydrogens is 375 g/mol. The van der Waals surface area contributed by atoms with Crippen molar-refractivity contribution in [3.8, 4) is 0 Å². The van der Waals surface area contributed by atoms with E-state index in [1.165, 1.54) is 23.3 Å². The number of fused-ring (bicyclic) bond motifs is 2. The maximum atomic E-state index is 13.2. The summed E-state index contributed by atoms with van der Waals surface area (Å²) in [5, 5.41) is 1.10. The molecule has 2 heterocycles. The summed E-state index contributed by atoms with van der Waals surface area (Å²) in [4.78, 5) is 15.1. The van der Waals surface area contributed by atoms with Gasteiger partial charge in [0.05, 0.1) is 6.42 Å². The molecule has 0 N–H and O–H groups in total. The molecule has 0 fully saturated rings. The summed E-state index contributed by atoms with van der Waals surface area (Å²) < 4.78 is 15.4. The van der Waals surface area contributed by atoms with Crippen LogP contribution in [-0.2, 0) is 30.7 Å². The van der Waals surface area contributed by atoms with Crippen LogP contribution in [0.15, 0.2) is 79.0 Å². The molecule has 1 amide bonds. The molecule has 30 heavy (non-hydrogen) atoms. The van der Waals surface area contributed by atoms with E-state index in [-0.39, 0.29) is 11.7 Å². The molecule has 3 aromatic carbocycles. The predicted octanol–water partition coefficient (Wildman–Crippen LogP) is 4.96. The Labute approximate surface area is 175 Å². The molecule has 5 rings (SSSR count). The number of aromatic nitrogens is 1. The van der Waals surface area contributed by atoms with Crippen LogP contribution in [0.1, 0.15) is 22.3 Å². The van der Waals surface area contributed by atoms with Crippen molar-refractivity contribution in [1.29, 1.82) is 0 Å². The third-order valence-electron chi connectivity index (χ3n) is 5.96. The number of nitrogens with zero attached hydrogens (tertiary/aromatic N) is 2. The highest BCUT2D eigenvalue weighted by Gasteiger charge is 2.22. The number of carbonyl (C=O) groups is 1. The number of para-hydroxylation sites is 1. The lowest BCUT2D eigenvalue weighted by Gasteiger charge is -2.29. The van der Waals surface area contributed by atoms with E-state index in [1.807, 2.05) is 23.1 Å². The monoisotopic (exact) mass is 398 g/mol. The molecule has 0 aliphatic carbocycles. The number of hydrogen-bond acceptors (Lipinski definition) is 1. The average Bonchev–Trinajstić information content (AvgIpc) is 3.12. The molecule has 0 saturated carbocycles. The predicted molar refractivity (Wildman–Crippen MR) is 117 cm³/mol. The van der Waals surface area contributed by atoms with Crippen molar-refractivity contribution in [2.75, 3.05) is 6.54 Å². The van der Waals surface area contributed by atoms with E-state index in [2.05, 4.69) is 41.1 Å². The Bertz CT molecular complexity index is 1210. The molecule has 4 heteroatoms. The highest BCUT2D eigenvalue weighted by Crippen LogP contribution is 2.25. The maximum absolute atomic E-state index is 13.2. The first kappa shape index (κ1) is 18.6. The maximum Gasteiger partial charge on any atom is 0.227 e. The summed E-state index contributed by atoms with van der Waals surface area (Å²) in [5.74, 6) is -0.0697. The smallest absolute Gasteiger partial charge is 0.227 e. The number of benzene rings is 3. The van der Waals surface area contributed by atoms with Gasteiger partial charge in [-0.25, -0.2) is 4.39 Å². The molecule has 0 saturated heterocycles. The van der Waals surface area contributed by atoms with Crippen molar-refractivity contribution >= 4 is 16.8 Å². The van der Waals surface area contributed by atoms with Crippen LogP contribution in [0.25, 0.3) is 10.9 Å². The van der Waals surface area contributed by atoms with Crippen LogP contribution < -0.4 is 0 Å². The molecule has 1 aromatic heterocycles. The Balaban J connectivity index is 1.39. The van der Waals surface area contributed by atoms with Crippen LogP contribution in [0.2, 0.25) is 0 Å². The van der Waals surface area contributed by atoms with Crippen LogP contribution in [0.3, 0.4) is 0 Å². The van der Waals surface area contributed by atoms with Crippen molar-refractivity contribution in [2.24, 2.45) is 0 Å². The first-order valence-electron chi connectivity index (χ1n) is 10.3. The van der Waals surface area contributed by atoms with Gasteiger partial charge < -0.3 is 9.47 Å². The molecule has 0 unspecified atom stereocenters. The molecule has 150 valence electrons. The number of amides is 1. The van der Waals surface area contributed by atoms with Gasteiger partial charge in [-0.2, -0.15) is 0 Å². The molecule has 3 nitrogen and oxygen atoms in total. The second kappa shape index (κ2) is 7.79. The lowest BCUT2D eigenvalue weighted by Crippen LogP contribution is -2.36. The van der Waals surface area contributed by atoms with Gasteiger partial charge in [-0.15, -0.1) is 0 Å². The summed E-state index contributed by atoms with van der Waals surface area (Å²) in [7, 11) is 0. The fourth-order valence-electron chi connectivity index (χ4n) is 4.36. The van der Waals surface area contributed by atoms with Gasteiger partial charge in [0.2, 0.25) is 5.91 Å². The molecule has 0 bridgehead atoms. The SMILES string of the molecule is O=C(Cc1cn(Cc2ccc(F)cc2)c2ccccc12)N1CCc2ccccc2C1. The van der Waals surface area contributed by atoms with Crippen molar-refractivity contribution < 1.29 is 9.18 Å². The first-order chi connectivity index (χ1) is 14.7. The number of hydrogen-bond donors (Lipinski definition) is 0. The zero-order valence-corrected chi connectivity index (χ0v) is 16.7. The van der Waals surface area contributed by atoms with Crippen LogP contribution in [-0.4, -0.2) is 21.9 Å². The van der Waals surface area contributed by atoms with Crippen LogP contribution in [0.5, 0.6) is 0 Å². The normalized spacial score (nSPS) is 13.4. The molecule has 4 aromatic rings. The van der Waals surface area contributed by atoms with Crippen molar-refractivity contribution in [3.05, 3.63) is 107 Å². The minimum atomic E-state index is -0.231. The van der Waals surface area contributed by atoms with Gasteiger partial charge in [0, 0.05) is 36.7 Å². The van der Waals surface area contributed by atoms with E-state index in [1.54, 1.807) is 12.1 Å². The lowest BCUT2D eigenvalue weighted by atomic mass is 9.99. The van der Waals surface area contributed by atoms with Crippen LogP contribution in [0, 0.1) is 5.82 Å². The van der Waals surface area contributed by atoms with E-state index < -0.39 is 0 Å². The molecule has 0 radical (unpaired) electrons. The van der Waals surface area contributed by atoms with Gasteiger partial charge in [0.25, 0.3) is 0 Å². The number of halogens is 1. The standard InChI is InChI=1S/C26H23FN2O/c27-23-11-9-19(10-12-23)16-29-18-22(24-7-3-4-8-25(24)29)15-26(30)28-14-13-20-5-1-2-6-21(20)17-28/h1-12,18H,13-17H2. The first-order valence-corrected chi connectivity index (χ1v) is 10.3. The summed E-state index contributed by atoms with van der Waals surface area (Å²) >= 11 is 0.